The molecule has 2 heterocycles. The Morgan fingerprint density at radius 1 is 0.885 bits per heavy atom. The van der Waals surface area contributed by atoms with Crippen LogP contribution in [0.4, 0.5) is 5.82 Å². The van der Waals surface area contributed by atoms with Crippen molar-refractivity contribution in [2.75, 3.05) is 5.32 Å². The zero-order valence-electron chi connectivity index (χ0n) is 15.4. The zero-order chi connectivity index (χ0) is 18.1. The number of aromatic amines is 1. The maximum atomic E-state index is 4.52. The molecule has 4 rings (SSSR count). The van der Waals surface area contributed by atoms with Gasteiger partial charge in [-0.2, -0.15) is 0 Å². The van der Waals surface area contributed by atoms with Gasteiger partial charge < -0.3 is 10.3 Å². The van der Waals surface area contributed by atoms with Crippen LogP contribution < -0.4 is 5.32 Å². The molecule has 0 saturated carbocycles. The number of fused-ring (bicyclic) bond motifs is 1. The minimum absolute atomic E-state index is 0.0287. The normalized spacial score (nSPS) is 12.3. The van der Waals surface area contributed by atoms with Crippen molar-refractivity contribution in [2.24, 2.45) is 0 Å². The maximum Gasteiger partial charge on any atom is 0.126 e. The van der Waals surface area contributed by atoms with E-state index in [1.54, 1.807) is 0 Å². The molecule has 0 fully saturated rings. The van der Waals surface area contributed by atoms with E-state index in [1.165, 1.54) is 33.3 Å². The molecule has 0 unspecified atom stereocenters. The second kappa shape index (κ2) is 6.68. The SMILES string of the molecule is Cc1ccc([C@H](Nc2cc(C)ccn2)c2c(C)[nH]c3ccccc23)cc1. The first-order valence-electron chi connectivity index (χ1n) is 8.95. The number of nitrogens with one attached hydrogen (secondary N) is 2. The lowest BCUT2D eigenvalue weighted by Crippen LogP contribution is -2.14. The van der Waals surface area contributed by atoms with E-state index in [2.05, 4.69) is 90.7 Å². The first-order chi connectivity index (χ1) is 12.6. The number of H-pyrrole nitrogens is 1. The van der Waals surface area contributed by atoms with E-state index in [1.807, 2.05) is 12.3 Å². The van der Waals surface area contributed by atoms with Gasteiger partial charge in [0.1, 0.15) is 5.82 Å². The zero-order valence-corrected chi connectivity index (χ0v) is 15.4. The number of nitrogens with zero attached hydrogens (tertiary/aromatic N) is 1. The van der Waals surface area contributed by atoms with Crippen LogP contribution in [-0.2, 0) is 0 Å². The maximum absolute atomic E-state index is 4.52. The molecule has 0 spiro atoms. The first-order valence-corrected chi connectivity index (χ1v) is 8.95. The minimum Gasteiger partial charge on any atom is -0.359 e. The fourth-order valence-electron chi connectivity index (χ4n) is 3.51. The van der Waals surface area contributed by atoms with Crippen LogP contribution in [0.2, 0.25) is 0 Å². The molecule has 2 aromatic heterocycles. The summed E-state index contributed by atoms with van der Waals surface area (Å²) in [6, 6.07) is 21.3. The second-order valence-electron chi connectivity index (χ2n) is 6.92. The highest BCUT2D eigenvalue weighted by Crippen LogP contribution is 2.34. The van der Waals surface area contributed by atoms with Gasteiger partial charge in [-0.15, -0.1) is 0 Å². The molecule has 2 aromatic carbocycles. The van der Waals surface area contributed by atoms with Crippen LogP contribution in [0.1, 0.15) is 34.0 Å². The summed E-state index contributed by atoms with van der Waals surface area (Å²) in [7, 11) is 0. The molecule has 3 nitrogen and oxygen atoms in total. The lowest BCUT2D eigenvalue weighted by atomic mass is 9.95. The average Bonchev–Trinajstić information content (AvgIpc) is 2.96. The number of benzene rings is 2. The number of aryl methyl sites for hydroxylation is 3. The number of anilines is 1. The summed E-state index contributed by atoms with van der Waals surface area (Å²) in [5.41, 5.74) is 7.30. The standard InChI is InChI=1S/C23H23N3/c1-15-8-10-18(11-9-15)23(26-21-14-16(2)12-13-24-21)22-17(3)25-20-7-5-4-6-19(20)22/h4-14,23,25H,1-3H3,(H,24,26)/t23-/m0/s1. The van der Waals surface area contributed by atoms with E-state index in [0.717, 1.165) is 11.3 Å². The molecule has 0 aliphatic heterocycles. The molecular weight excluding hydrogens is 318 g/mol. The summed E-state index contributed by atoms with van der Waals surface area (Å²) in [4.78, 5) is 8.05. The van der Waals surface area contributed by atoms with Crippen LogP contribution in [-0.4, -0.2) is 9.97 Å². The molecule has 4 aromatic rings. The molecule has 26 heavy (non-hydrogen) atoms. The van der Waals surface area contributed by atoms with E-state index in [4.69, 9.17) is 0 Å². The number of pyridine rings is 1. The summed E-state index contributed by atoms with van der Waals surface area (Å²) in [6.45, 7) is 6.35. The number of aromatic nitrogens is 2. The van der Waals surface area contributed by atoms with Crippen molar-refractivity contribution in [1.29, 1.82) is 0 Å². The molecule has 0 radical (unpaired) electrons. The third-order valence-corrected chi connectivity index (χ3v) is 4.85. The summed E-state index contributed by atoms with van der Waals surface area (Å²) < 4.78 is 0. The van der Waals surface area contributed by atoms with E-state index in [9.17, 15) is 0 Å². The number of hydrogen-bond acceptors (Lipinski definition) is 2. The van der Waals surface area contributed by atoms with Crippen molar-refractivity contribution in [2.45, 2.75) is 26.8 Å². The smallest absolute Gasteiger partial charge is 0.126 e. The summed E-state index contributed by atoms with van der Waals surface area (Å²) in [5, 5.41) is 4.91. The summed E-state index contributed by atoms with van der Waals surface area (Å²) in [5.74, 6) is 0.889. The van der Waals surface area contributed by atoms with Gasteiger partial charge in [0.15, 0.2) is 0 Å². The third kappa shape index (κ3) is 3.08. The van der Waals surface area contributed by atoms with Crippen LogP contribution in [0.25, 0.3) is 10.9 Å². The molecule has 3 heteroatoms. The monoisotopic (exact) mass is 341 g/mol. The van der Waals surface area contributed by atoms with Gasteiger partial charge in [0.05, 0.1) is 6.04 Å². The fourth-order valence-corrected chi connectivity index (χ4v) is 3.51. The second-order valence-corrected chi connectivity index (χ2v) is 6.92. The predicted molar refractivity (Wildman–Crippen MR) is 109 cm³/mol. The van der Waals surface area contributed by atoms with Crippen LogP contribution in [0.5, 0.6) is 0 Å². The van der Waals surface area contributed by atoms with E-state index < -0.39 is 0 Å². The number of hydrogen-bond donors (Lipinski definition) is 2. The van der Waals surface area contributed by atoms with Crippen molar-refractivity contribution in [3.05, 3.63) is 94.8 Å². The fraction of sp³-hybridized carbons (Fsp3) is 0.174. The summed E-state index contributed by atoms with van der Waals surface area (Å²) >= 11 is 0. The average molecular weight is 341 g/mol. The topological polar surface area (TPSA) is 40.7 Å². The number of para-hydroxylation sites is 1. The first kappa shape index (κ1) is 16.4. The lowest BCUT2D eigenvalue weighted by molar-refractivity contribution is 0.920. The van der Waals surface area contributed by atoms with Crippen molar-refractivity contribution < 1.29 is 0 Å². The Morgan fingerprint density at radius 3 is 2.42 bits per heavy atom. The van der Waals surface area contributed by atoms with Gasteiger partial charge in [0.2, 0.25) is 0 Å². The molecule has 0 aliphatic carbocycles. The predicted octanol–water partition coefficient (Wildman–Crippen LogP) is 5.69. The van der Waals surface area contributed by atoms with E-state index in [0.29, 0.717) is 0 Å². The molecule has 1 atom stereocenters. The van der Waals surface area contributed by atoms with Gasteiger partial charge in [-0.1, -0.05) is 48.0 Å². The molecule has 130 valence electrons. The quantitative estimate of drug-likeness (QED) is 0.500. The van der Waals surface area contributed by atoms with Gasteiger partial charge in [-0.25, -0.2) is 4.98 Å². The third-order valence-electron chi connectivity index (χ3n) is 4.85. The Balaban J connectivity index is 1.87. The van der Waals surface area contributed by atoms with E-state index >= 15 is 0 Å². The van der Waals surface area contributed by atoms with Gasteiger partial charge in [-0.05, 0) is 50.1 Å². The van der Waals surface area contributed by atoms with Crippen molar-refractivity contribution in [1.82, 2.24) is 9.97 Å². The highest BCUT2D eigenvalue weighted by molar-refractivity contribution is 5.86. The molecule has 0 bridgehead atoms. The van der Waals surface area contributed by atoms with Gasteiger partial charge >= 0.3 is 0 Å². The minimum atomic E-state index is 0.0287. The van der Waals surface area contributed by atoms with E-state index in [-0.39, 0.29) is 6.04 Å². The molecular formula is C23H23N3. The van der Waals surface area contributed by atoms with Gasteiger partial charge in [0, 0.05) is 28.4 Å². The van der Waals surface area contributed by atoms with Crippen molar-refractivity contribution in [3.8, 4) is 0 Å². The highest BCUT2D eigenvalue weighted by atomic mass is 15.0. The van der Waals surface area contributed by atoms with Crippen LogP contribution in [0.15, 0.2) is 66.9 Å². The van der Waals surface area contributed by atoms with Crippen LogP contribution in [0, 0.1) is 20.8 Å². The van der Waals surface area contributed by atoms with Crippen LogP contribution >= 0.6 is 0 Å². The van der Waals surface area contributed by atoms with Gasteiger partial charge in [0.25, 0.3) is 0 Å². The van der Waals surface area contributed by atoms with Gasteiger partial charge in [-0.3, -0.25) is 0 Å². The summed E-state index contributed by atoms with van der Waals surface area (Å²) in [6.07, 6.45) is 1.85. The lowest BCUT2D eigenvalue weighted by Gasteiger charge is -2.21. The Hall–Kier alpha value is -3.07. The molecule has 0 saturated heterocycles. The highest BCUT2D eigenvalue weighted by Gasteiger charge is 2.21. The van der Waals surface area contributed by atoms with Crippen molar-refractivity contribution >= 4 is 16.7 Å². The largest absolute Gasteiger partial charge is 0.359 e. The molecule has 0 amide bonds. The number of rotatable bonds is 4. The van der Waals surface area contributed by atoms with Crippen molar-refractivity contribution in [3.63, 3.8) is 0 Å². The van der Waals surface area contributed by atoms with Crippen LogP contribution in [0.3, 0.4) is 0 Å². The Bertz CT molecular complexity index is 1040. The Labute approximate surface area is 154 Å². The Morgan fingerprint density at radius 2 is 1.65 bits per heavy atom. The molecule has 0 aliphatic rings. The Kier molecular flexibility index (Phi) is 4.21. The molecule has 2 N–H and O–H groups in total.